The van der Waals surface area contributed by atoms with Crippen LogP contribution in [0.25, 0.3) is 0 Å². The van der Waals surface area contributed by atoms with Gasteiger partial charge in [0.25, 0.3) is 0 Å². The molecule has 1 aromatic carbocycles. The van der Waals surface area contributed by atoms with Crippen LogP contribution in [-0.2, 0) is 13.1 Å². The fourth-order valence-electron chi connectivity index (χ4n) is 1.89. The first-order valence-electron chi connectivity index (χ1n) is 5.69. The van der Waals surface area contributed by atoms with E-state index in [2.05, 4.69) is 0 Å². The van der Waals surface area contributed by atoms with Crippen LogP contribution >= 0.6 is 0 Å². The van der Waals surface area contributed by atoms with Gasteiger partial charge in [0, 0.05) is 18.7 Å². The summed E-state index contributed by atoms with van der Waals surface area (Å²) in [6.07, 6.45) is 1.41. The maximum Gasteiger partial charge on any atom is 0.372 e. The van der Waals surface area contributed by atoms with Crippen LogP contribution in [0.5, 0.6) is 0 Å². The lowest BCUT2D eigenvalue weighted by atomic mass is 10.2. The molecule has 0 atom stereocenters. The van der Waals surface area contributed by atoms with E-state index >= 15 is 0 Å². The second-order valence-corrected chi connectivity index (χ2v) is 4.24. The van der Waals surface area contributed by atoms with Gasteiger partial charge in [-0.2, -0.15) is 0 Å². The van der Waals surface area contributed by atoms with Crippen LogP contribution in [0.1, 0.15) is 21.7 Å². The molecular weight excluding hydrogens is 230 g/mol. The maximum absolute atomic E-state index is 10.9. The zero-order valence-electron chi connectivity index (χ0n) is 10.2. The molecule has 0 aliphatic rings. The van der Waals surface area contributed by atoms with Gasteiger partial charge >= 0.3 is 5.97 Å². The second-order valence-electron chi connectivity index (χ2n) is 4.24. The van der Waals surface area contributed by atoms with Gasteiger partial charge in [-0.05, 0) is 18.7 Å². The number of furan rings is 1. The van der Waals surface area contributed by atoms with Crippen LogP contribution in [0.15, 0.2) is 47.1 Å². The molecule has 18 heavy (non-hydrogen) atoms. The molecule has 2 rings (SSSR count). The van der Waals surface area contributed by atoms with E-state index < -0.39 is 5.97 Å². The van der Waals surface area contributed by atoms with Crippen LogP contribution in [0, 0.1) is 0 Å². The molecule has 0 saturated heterocycles. The number of hydrogen-bond donors (Lipinski definition) is 1. The first-order valence-corrected chi connectivity index (χ1v) is 5.69. The van der Waals surface area contributed by atoms with Crippen molar-refractivity contribution in [3.8, 4) is 0 Å². The van der Waals surface area contributed by atoms with Crippen molar-refractivity contribution in [1.29, 1.82) is 0 Å². The fraction of sp³-hybridized carbons (Fsp3) is 0.214. The second kappa shape index (κ2) is 5.51. The smallest absolute Gasteiger partial charge is 0.372 e. The number of nitrogens with zero attached hydrogens (tertiary/aromatic N) is 1. The van der Waals surface area contributed by atoms with Crippen LogP contribution in [0.3, 0.4) is 0 Å². The number of carboxylic acid groups (broad SMARTS) is 1. The molecule has 4 nitrogen and oxygen atoms in total. The summed E-state index contributed by atoms with van der Waals surface area (Å²) < 4.78 is 4.95. The Morgan fingerprint density at radius 2 is 1.94 bits per heavy atom. The maximum atomic E-state index is 10.9. The monoisotopic (exact) mass is 245 g/mol. The van der Waals surface area contributed by atoms with Gasteiger partial charge < -0.3 is 9.52 Å². The number of rotatable bonds is 5. The summed E-state index contributed by atoms with van der Waals surface area (Å²) in [6, 6.07) is 11.7. The summed E-state index contributed by atoms with van der Waals surface area (Å²) >= 11 is 0. The number of aromatic carboxylic acids is 1. The molecule has 0 bridgehead atoms. The Kier molecular flexibility index (Phi) is 3.79. The Labute approximate surface area is 105 Å². The van der Waals surface area contributed by atoms with Gasteiger partial charge in [-0.25, -0.2) is 4.79 Å². The number of carbonyl (C=O) groups is 1. The van der Waals surface area contributed by atoms with Crippen LogP contribution in [-0.4, -0.2) is 23.0 Å². The standard InChI is InChI=1S/C14H15NO3/c1-15(9-11-5-3-2-4-6-11)10-12-7-8-18-13(12)14(16)17/h2-8H,9-10H2,1H3,(H,16,17). The lowest BCUT2D eigenvalue weighted by Crippen LogP contribution is -2.18. The van der Waals surface area contributed by atoms with Crippen molar-refractivity contribution in [2.75, 3.05) is 7.05 Å². The Morgan fingerprint density at radius 1 is 1.22 bits per heavy atom. The van der Waals surface area contributed by atoms with E-state index in [1.54, 1.807) is 6.07 Å². The molecule has 0 spiro atoms. The molecule has 1 N–H and O–H groups in total. The third kappa shape index (κ3) is 2.99. The molecule has 0 fully saturated rings. The molecule has 2 aromatic rings. The first-order chi connectivity index (χ1) is 8.66. The summed E-state index contributed by atoms with van der Waals surface area (Å²) in [4.78, 5) is 13.0. The van der Waals surface area contributed by atoms with Gasteiger partial charge in [0.05, 0.1) is 6.26 Å². The summed E-state index contributed by atoms with van der Waals surface area (Å²) in [5.74, 6) is -1.00. The van der Waals surface area contributed by atoms with Crippen molar-refractivity contribution in [2.45, 2.75) is 13.1 Å². The summed E-state index contributed by atoms with van der Waals surface area (Å²) in [7, 11) is 1.95. The van der Waals surface area contributed by atoms with Crippen molar-refractivity contribution in [1.82, 2.24) is 4.90 Å². The molecule has 0 amide bonds. The molecule has 1 heterocycles. The van der Waals surface area contributed by atoms with Crippen molar-refractivity contribution in [3.05, 3.63) is 59.5 Å². The Morgan fingerprint density at radius 3 is 2.61 bits per heavy atom. The lowest BCUT2D eigenvalue weighted by Gasteiger charge is -2.16. The molecule has 94 valence electrons. The lowest BCUT2D eigenvalue weighted by molar-refractivity contribution is 0.0659. The summed E-state index contributed by atoms with van der Waals surface area (Å²) in [5.41, 5.74) is 1.89. The molecular formula is C14H15NO3. The zero-order chi connectivity index (χ0) is 13.0. The van der Waals surface area contributed by atoms with Crippen molar-refractivity contribution >= 4 is 5.97 Å². The average Bonchev–Trinajstić information content (AvgIpc) is 2.78. The highest BCUT2D eigenvalue weighted by molar-refractivity contribution is 5.86. The molecule has 0 aliphatic carbocycles. The minimum Gasteiger partial charge on any atom is -0.475 e. The molecule has 0 unspecified atom stereocenters. The quantitative estimate of drug-likeness (QED) is 0.879. The Balaban J connectivity index is 2.01. The van der Waals surface area contributed by atoms with Crippen LogP contribution in [0.2, 0.25) is 0 Å². The minimum absolute atomic E-state index is 0.0231. The zero-order valence-corrected chi connectivity index (χ0v) is 10.2. The van der Waals surface area contributed by atoms with Crippen molar-refractivity contribution in [2.24, 2.45) is 0 Å². The van der Waals surface area contributed by atoms with Crippen molar-refractivity contribution in [3.63, 3.8) is 0 Å². The summed E-state index contributed by atoms with van der Waals surface area (Å²) in [5, 5.41) is 8.94. The minimum atomic E-state index is -1.02. The average molecular weight is 245 g/mol. The summed E-state index contributed by atoms with van der Waals surface area (Å²) in [6.45, 7) is 1.32. The highest BCUT2D eigenvalue weighted by atomic mass is 16.4. The third-order valence-electron chi connectivity index (χ3n) is 2.68. The number of hydrogen-bond acceptors (Lipinski definition) is 3. The largest absolute Gasteiger partial charge is 0.475 e. The molecule has 4 heteroatoms. The number of carboxylic acids is 1. The fourth-order valence-corrected chi connectivity index (χ4v) is 1.89. The number of benzene rings is 1. The SMILES string of the molecule is CN(Cc1ccccc1)Cc1ccoc1C(=O)O. The molecule has 0 saturated carbocycles. The van der Waals surface area contributed by atoms with Gasteiger partial charge in [-0.1, -0.05) is 30.3 Å². The Hall–Kier alpha value is -2.07. The van der Waals surface area contributed by atoms with Gasteiger partial charge in [0.1, 0.15) is 0 Å². The first kappa shape index (κ1) is 12.4. The topological polar surface area (TPSA) is 53.7 Å². The van der Waals surface area contributed by atoms with Crippen LogP contribution in [0.4, 0.5) is 0 Å². The molecule has 0 aliphatic heterocycles. The van der Waals surface area contributed by atoms with E-state index in [4.69, 9.17) is 9.52 Å². The van der Waals surface area contributed by atoms with E-state index in [9.17, 15) is 4.79 Å². The third-order valence-corrected chi connectivity index (χ3v) is 2.68. The van der Waals surface area contributed by atoms with Crippen LogP contribution < -0.4 is 0 Å². The van der Waals surface area contributed by atoms with Gasteiger partial charge in [0.15, 0.2) is 0 Å². The van der Waals surface area contributed by atoms with Gasteiger partial charge in [0.2, 0.25) is 5.76 Å². The Bertz CT molecular complexity index is 519. The highest BCUT2D eigenvalue weighted by Crippen LogP contribution is 2.14. The van der Waals surface area contributed by atoms with Crippen molar-refractivity contribution < 1.29 is 14.3 Å². The van der Waals surface area contributed by atoms with Gasteiger partial charge in [-0.15, -0.1) is 0 Å². The predicted molar refractivity (Wildman–Crippen MR) is 67.3 cm³/mol. The van der Waals surface area contributed by atoms with E-state index in [1.165, 1.54) is 11.8 Å². The molecule has 0 radical (unpaired) electrons. The van der Waals surface area contributed by atoms with E-state index in [-0.39, 0.29) is 5.76 Å². The highest BCUT2D eigenvalue weighted by Gasteiger charge is 2.15. The normalized spacial score (nSPS) is 10.8. The predicted octanol–water partition coefficient (Wildman–Crippen LogP) is 2.61. The van der Waals surface area contributed by atoms with E-state index in [0.29, 0.717) is 12.1 Å². The molecule has 1 aromatic heterocycles. The van der Waals surface area contributed by atoms with E-state index in [1.807, 2.05) is 42.3 Å². The van der Waals surface area contributed by atoms with Gasteiger partial charge in [-0.3, -0.25) is 4.90 Å². The van der Waals surface area contributed by atoms with E-state index in [0.717, 1.165) is 6.54 Å².